The van der Waals surface area contributed by atoms with E-state index in [0.29, 0.717) is 22.2 Å². The summed E-state index contributed by atoms with van der Waals surface area (Å²) in [6.07, 6.45) is 4.27. The molecule has 0 saturated carbocycles. The fraction of sp³-hybridized carbons (Fsp3) is 0.381. The van der Waals surface area contributed by atoms with Gasteiger partial charge in [-0.25, -0.2) is 4.98 Å². The molecule has 0 amide bonds. The third-order valence-electron chi connectivity index (χ3n) is 5.19. The number of benzene rings is 1. The number of ether oxygens (including phenoxy) is 2. The minimum absolute atomic E-state index is 0.0181. The number of thiophene rings is 1. The largest absolute Gasteiger partial charge is 0.493 e. The minimum atomic E-state index is -0.0595. The summed E-state index contributed by atoms with van der Waals surface area (Å²) in [5.41, 5.74) is 1.70. The second-order valence-corrected chi connectivity index (χ2v) is 8.96. The van der Waals surface area contributed by atoms with Crippen molar-refractivity contribution in [3.05, 3.63) is 44.6 Å². The molecule has 0 spiro atoms. The van der Waals surface area contributed by atoms with E-state index < -0.39 is 0 Å². The Balaban J connectivity index is 1.59. The molecule has 0 N–H and O–H groups in total. The summed E-state index contributed by atoms with van der Waals surface area (Å²) < 4.78 is 12.1. The number of aryl methyl sites for hydroxylation is 2. The monoisotopic (exact) mass is 430 g/mol. The van der Waals surface area contributed by atoms with Gasteiger partial charge in [0.25, 0.3) is 5.56 Å². The highest BCUT2D eigenvalue weighted by Crippen LogP contribution is 2.34. The number of nitrogens with zero attached hydrogens (tertiary/aromatic N) is 2. The molecule has 29 heavy (non-hydrogen) atoms. The van der Waals surface area contributed by atoms with Crippen molar-refractivity contribution in [2.24, 2.45) is 7.05 Å². The maximum absolute atomic E-state index is 13.0. The van der Waals surface area contributed by atoms with E-state index in [1.165, 1.54) is 35.7 Å². The summed E-state index contributed by atoms with van der Waals surface area (Å²) in [6.45, 7) is 0. The van der Waals surface area contributed by atoms with E-state index in [2.05, 4.69) is 0 Å². The first-order chi connectivity index (χ1) is 14.0. The second kappa shape index (κ2) is 8.20. The van der Waals surface area contributed by atoms with E-state index >= 15 is 0 Å². The molecule has 0 unspecified atom stereocenters. The van der Waals surface area contributed by atoms with Gasteiger partial charge in [-0.05, 0) is 49.4 Å². The van der Waals surface area contributed by atoms with Crippen LogP contribution in [0.1, 0.15) is 33.6 Å². The molecule has 2 aromatic heterocycles. The highest BCUT2D eigenvalue weighted by molar-refractivity contribution is 7.99. The first-order valence-corrected chi connectivity index (χ1v) is 11.2. The first kappa shape index (κ1) is 20.0. The molecule has 1 aliphatic rings. The number of hydrogen-bond acceptors (Lipinski definition) is 7. The first-order valence-electron chi connectivity index (χ1n) is 9.42. The smallest absolute Gasteiger partial charge is 0.262 e. The van der Waals surface area contributed by atoms with Crippen LogP contribution >= 0.6 is 23.1 Å². The van der Waals surface area contributed by atoms with Gasteiger partial charge < -0.3 is 9.47 Å². The quantitative estimate of drug-likeness (QED) is 0.336. The number of Topliss-reactive ketones (excluding diaryl/α,β-unsaturated/α-hetero) is 1. The minimum Gasteiger partial charge on any atom is -0.493 e. The molecule has 0 bridgehead atoms. The van der Waals surface area contributed by atoms with Crippen LogP contribution in [0.15, 0.2) is 28.2 Å². The number of hydrogen-bond donors (Lipinski definition) is 0. The van der Waals surface area contributed by atoms with Crippen molar-refractivity contribution in [2.75, 3.05) is 20.0 Å². The van der Waals surface area contributed by atoms with E-state index in [0.717, 1.165) is 29.5 Å². The molecule has 0 atom stereocenters. The van der Waals surface area contributed by atoms with Crippen molar-refractivity contribution < 1.29 is 14.3 Å². The van der Waals surface area contributed by atoms with Crippen molar-refractivity contribution in [3.63, 3.8) is 0 Å². The molecule has 1 aliphatic carbocycles. The highest BCUT2D eigenvalue weighted by Gasteiger charge is 2.21. The van der Waals surface area contributed by atoms with E-state index in [9.17, 15) is 9.59 Å². The van der Waals surface area contributed by atoms with Crippen molar-refractivity contribution in [1.29, 1.82) is 0 Å². The van der Waals surface area contributed by atoms with Gasteiger partial charge in [-0.3, -0.25) is 14.2 Å². The lowest BCUT2D eigenvalue weighted by Gasteiger charge is -2.11. The Morgan fingerprint density at radius 2 is 1.97 bits per heavy atom. The van der Waals surface area contributed by atoms with Crippen molar-refractivity contribution >= 4 is 39.1 Å². The summed E-state index contributed by atoms with van der Waals surface area (Å²) >= 11 is 2.91. The Hall–Kier alpha value is -2.32. The SMILES string of the molecule is COc1ccc(C(=O)CSc2nc3sc4c(c3c(=O)n2C)CCCC4)cc1OC. The summed E-state index contributed by atoms with van der Waals surface area (Å²) in [5, 5.41) is 1.33. The number of thioether (sulfide) groups is 1. The average molecular weight is 431 g/mol. The Morgan fingerprint density at radius 1 is 1.21 bits per heavy atom. The van der Waals surface area contributed by atoms with Crippen LogP contribution in [0.25, 0.3) is 10.2 Å². The van der Waals surface area contributed by atoms with Crippen LogP contribution in [0.2, 0.25) is 0 Å². The number of fused-ring (bicyclic) bond motifs is 3. The maximum atomic E-state index is 13.0. The van der Waals surface area contributed by atoms with Crippen LogP contribution in [0.3, 0.4) is 0 Å². The standard InChI is InChI=1S/C21H22N2O4S2/c1-23-20(25)18-13-6-4-5-7-17(13)29-19(18)22-21(23)28-11-14(24)12-8-9-15(26-2)16(10-12)27-3/h8-10H,4-7,11H2,1-3H3. The zero-order chi connectivity index (χ0) is 20.5. The fourth-order valence-corrected chi connectivity index (χ4v) is 5.79. The fourth-order valence-electron chi connectivity index (χ4n) is 3.62. The third kappa shape index (κ3) is 3.67. The number of ketones is 1. The summed E-state index contributed by atoms with van der Waals surface area (Å²) in [4.78, 5) is 32.4. The zero-order valence-electron chi connectivity index (χ0n) is 16.6. The topological polar surface area (TPSA) is 70.4 Å². The van der Waals surface area contributed by atoms with Crippen LogP contribution < -0.4 is 15.0 Å². The molecule has 1 aromatic carbocycles. The normalized spacial score (nSPS) is 13.3. The predicted molar refractivity (Wildman–Crippen MR) is 116 cm³/mol. The van der Waals surface area contributed by atoms with Gasteiger partial charge in [0, 0.05) is 17.5 Å². The van der Waals surface area contributed by atoms with Gasteiger partial charge in [0.2, 0.25) is 0 Å². The number of methoxy groups -OCH3 is 2. The number of aromatic nitrogens is 2. The molecular formula is C21H22N2O4S2. The maximum Gasteiger partial charge on any atom is 0.262 e. The number of carbonyl (C=O) groups excluding carboxylic acids is 1. The van der Waals surface area contributed by atoms with E-state index in [1.54, 1.807) is 48.3 Å². The van der Waals surface area contributed by atoms with Gasteiger partial charge in [-0.15, -0.1) is 11.3 Å². The predicted octanol–water partition coefficient (Wildman–Crippen LogP) is 3.87. The molecule has 152 valence electrons. The van der Waals surface area contributed by atoms with Crippen LogP contribution in [0, 0.1) is 0 Å². The molecule has 0 saturated heterocycles. The summed E-state index contributed by atoms with van der Waals surface area (Å²) in [5.74, 6) is 1.22. The van der Waals surface area contributed by atoms with Gasteiger partial charge in [0.05, 0.1) is 25.4 Å². The molecule has 6 nitrogen and oxygen atoms in total. The van der Waals surface area contributed by atoms with Crippen LogP contribution in [0.5, 0.6) is 11.5 Å². The lowest BCUT2D eigenvalue weighted by molar-refractivity contribution is 0.102. The lowest BCUT2D eigenvalue weighted by atomic mass is 9.97. The van der Waals surface area contributed by atoms with Gasteiger partial charge in [0.15, 0.2) is 22.4 Å². The Morgan fingerprint density at radius 3 is 2.72 bits per heavy atom. The Kier molecular flexibility index (Phi) is 5.65. The van der Waals surface area contributed by atoms with Gasteiger partial charge in [-0.1, -0.05) is 11.8 Å². The summed E-state index contributed by atoms with van der Waals surface area (Å²) in [7, 11) is 4.82. The van der Waals surface area contributed by atoms with Crippen LogP contribution in [-0.4, -0.2) is 35.3 Å². The Bertz CT molecular complexity index is 1150. The van der Waals surface area contributed by atoms with E-state index in [-0.39, 0.29) is 17.1 Å². The lowest BCUT2D eigenvalue weighted by Crippen LogP contribution is -2.21. The molecule has 0 fully saturated rings. The van der Waals surface area contributed by atoms with Crippen molar-refractivity contribution in [3.8, 4) is 11.5 Å². The highest BCUT2D eigenvalue weighted by atomic mass is 32.2. The molecule has 8 heteroatoms. The molecular weight excluding hydrogens is 408 g/mol. The van der Waals surface area contributed by atoms with Gasteiger partial charge in [0.1, 0.15) is 4.83 Å². The van der Waals surface area contributed by atoms with Crippen molar-refractivity contribution in [2.45, 2.75) is 30.8 Å². The number of rotatable bonds is 6. The zero-order valence-corrected chi connectivity index (χ0v) is 18.2. The Labute approximate surface area is 176 Å². The number of carbonyl (C=O) groups is 1. The second-order valence-electron chi connectivity index (χ2n) is 6.93. The molecule has 0 radical (unpaired) electrons. The van der Waals surface area contributed by atoms with E-state index in [1.807, 2.05) is 0 Å². The molecule has 0 aliphatic heterocycles. The molecule has 2 heterocycles. The summed E-state index contributed by atoms with van der Waals surface area (Å²) in [6, 6.07) is 5.10. The van der Waals surface area contributed by atoms with Gasteiger partial charge >= 0.3 is 0 Å². The van der Waals surface area contributed by atoms with Crippen LogP contribution in [0.4, 0.5) is 0 Å². The van der Waals surface area contributed by atoms with E-state index in [4.69, 9.17) is 14.5 Å². The van der Waals surface area contributed by atoms with Crippen molar-refractivity contribution in [1.82, 2.24) is 9.55 Å². The molecule has 3 aromatic rings. The molecule has 4 rings (SSSR count). The third-order valence-corrected chi connectivity index (χ3v) is 7.41. The average Bonchev–Trinajstić information content (AvgIpc) is 3.12. The van der Waals surface area contributed by atoms with Crippen LogP contribution in [-0.2, 0) is 19.9 Å². The van der Waals surface area contributed by atoms with Gasteiger partial charge in [-0.2, -0.15) is 0 Å².